The van der Waals surface area contributed by atoms with Crippen molar-refractivity contribution in [2.75, 3.05) is 6.61 Å². The Hall–Kier alpha value is -2.82. The molecular weight excluding hydrogens is 407 g/mol. The molecule has 0 aliphatic heterocycles. The highest BCUT2D eigenvalue weighted by atomic mass is 35.5. The summed E-state index contributed by atoms with van der Waals surface area (Å²) >= 11 is 12.3. The van der Waals surface area contributed by atoms with Crippen LogP contribution in [0.2, 0.25) is 10.0 Å². The van der Waals surface area contributed by atoms with Gasteiger partial charge in [-0.1, -0.05) is 47.5 Å². The molecule has 0 fully saturated rings. The zero-order valence-corrected chi connectivity index (χ0v) is 17.2. The second-order valence-corrected chi connectivity index (χ2v) is 7.49. The van der Waals surface area contributed by atoms with Gasteiger partial charge in [0.25, 0.3) is 5.56 Å². The van der Waals surface area contributed by atoms with Crippen molar-refractivity contribution in [2.45, 2.75) is 13.5 Å². The average molecular weight is 425 g/mol. The van der Waals surface area contributed by atoms with Crippen molar-refractivity contribution < 1.29 is 4.74 Å². The molecule has 3 aromatic carbocycles. The first-order chi connectivity index (χ1) is 14.0. The predicted molar refractivity (Wildman–Crippen MR) is 118 cm³/mol. The molecule has 0 amide bonds. The number of aryl methyl sites for hydroxylation is 1. The first-order valence-corrected chi connectivity index (χ1v) is 9.93. The van der Waals surface area contributed by atoms with Crippen LogP contribution in [0.4, 0.5) is 0 Å². The minimum atomic E-state index is -0.111. The molecule has 29 heavy (non-hydrogen) atoms. The lowest BCUT2D eigenvalue weighted by Crippen LogP contribution is -2.26. The van der Waals surface area contributed by atoms with Crippen LogP contribution in [0.5, 0.6) is 5.75 Å². The molecule has 146 valence electrons. The van der Waals surface area contributed by atoms with E-state index in [2.05, 4.69) is 0 Å². The first kappa shape index (κ1) is 19.5. The maximum Gasteiger partial charge on any atom is 0.261 e. The summed E-state index contributed by atoms with van der Waals surface area (Å²) in [6.45, 7) is 2.55. The zero-order chi connectivity index (χ0) is 20.4. The van der Waals surface area contributed by atoms with Crippen LogP contribution in [-0.2, 0) is 6.54 Å². The number of para-hydroxylation sites is 2. The third-order valence-corrected chi connectivity index (χ3v) is 5.24. The Kier molecular flexibility index (Phi) is 5.56. The summed E-state index contributed by atoms with van der Waals surface area (Å²) in [5, 5.41) is 1.74. The van der Waals surface area contributed by atoms with E-state index >= 15 is 0 Å². The largest absolute Gasteiger partial charge is 0.490 e. The van der Waals surface area contributed by atoms with Crippen molar-refractivity contribution in [1.29, 1.82) is 0 Å². The van der Waals surface area contributed by atoms with Gasteiger partial charge in [-0.25, -0.2) is 4.98 Å². The maximum absolute atomic E-state index is 13.2. The van der Waals surface area contributed by atoms with Crippen molar-refractivity contribution >= 4 is 34.1 Å². The molecular formula is C23H18Cl2N2O2. The van der Waals surface area contributed by atoms with Crippen LogP contribution in [0.25, 0.3) is 22.3 Å². The molecule has 0 radical (unpaired) electrons. The molecule has 0 bridgehead atoms. The Morgan fingerprint density at radius 1 is 0.966 bits per heavy atom. The summed E-state index contributed by atoms with van der Waals surface area (Å²) in [7, 11) is 0. The summed E-state index contributed by atoms with van der Waals surface area (Å²) in [4.78, 5) is 17.9. The summed E-state index contributed by atoms with van der Waals surface area (Å²) in [6.07, 6.45) is 0. The van der Waals surface area contributed by atoms with Crippen molar-refractivity contribution in [3.8, 4) is 17.1 Å². The molecule has 0 aliphatic carbocycles. The molecule has 1 aromatic heterocycles. The van der Waals surface area contributed by atoms with Crippen LogP contribution < -0.4 is 10.3 Å². The first-order valence-electron chi connectivity index (χ1n) is 9.18. The predicted octanol–water partition coefficient (Wildman–Crippen LogP) is 5.76. The SMILES string of the molecule is Cc1cccc(Cl)c1OCCn1c(-c2ccc(Cl)cc2)nc2ccccc2c1=O. The van der Waals surface area contributed by atoms with E-state index in [1.165, 1.54) is 0 Å². The topological polar surface area (TPSA) is 44.1 Å². The van der Waals surface area contributed by atoms with E-state index in [0.29, 0.717) is 39.1 Å². The van der Waals surface area contributed by atoms with Crippen molar-refractivity contribution in [3.63, 3.8) is 0 Å². The highest BCUT2D eigenvalue weighted by Crippen LogP contribution is 2.28. The van der Waals surface area contributed by atoms with Crippen LogP contribution >= 0.6 is 23.2 Å². The summed E-state index contributed by atoms with van der Waals surface area (Å²) in [6, 6.07) is 20.2. The van der Waals surface area contributed by atoms with E-state index in [9.17, 15) is 4.79 Å². The van der Waals surface area contributed by atoms with E-state index in [-0.39, 0.29) is 12.2 Å². The summed E-state index contributed by atoms with van der Waals surface area (Å²) in [5.74, 6) is 1.20. The number of nitrogens with zero attached hydrogens (tertiary/aromatic N) is 2. The number of hydrogen-bond donors (Lipinski definition) is 0. The van der Waals surface area contributed by atoms with Gasteiger partial charge in [-0.3, -0.25) is 9.36 Å². The smallest absolute Gasteiger partial charge is 0.261 e. The van der Waals surface area contributed by atoms with Gasteiger partial charge in [0.05, 0.1) is 22.5 Å². The fourth-order valence-corrected chi connectivity index (χ4v) is 3.64. The lowest BCUT2D eigenvalue weighted by atomic mass is 10.2. The lowest BCUT2D eigenvalue weighted by molar-refractivity contribution is 0.295. The van der Waals surface area contributed by atoms with Gasteiger partial charge in [-0.2, -0.15) is 0 Å². The Labute approximate surface area is 178 Å². The maximum atomic E-state index is 13.2. The fourth-order valence-electron chi connectivity index (χ4n) is 3.23. The third kappa shape index (κ3) is 4.00. The lowest BCUT2D eigenvalue weighted by Gasteiger charge is -2.15. The fraction of sp³-hybridized carbons (Fsp3) is 0.130. The molecule has 4 nitrogen and oxygen atoms in total. The van der Waals surface area contributed by atoms with Crippen molar-refractivity contribution in [2.24, 2.45) is 0 Å². The normalized spacial score (nSPS) is 11.0. The van der Waals surface area contributed by atoms with Crippen LogP contribution in [0, 0.1) is 6.92 Å². The van der Waals surface area contributed by atoms with Crippen LogP contribution in [-0.4, -0.2) is 16.2 Å². The monoisotopic (exact) mass is 424 g/mol. The van der Waals surface area contributed by atoms with Gasteiger partial charge in [0, 0.05) is 10.6 Å². The van der Waals surface area contributed by atoms with Gasteiger partial charge >= 0.3 is 0 Å². The molecule has 0 aliphatic rings. The van der Waals surface area contributed by atoms with Crippen LogP contribution in [0.15, 0.2) is 71.5 Å². The standard InChI is InChI=1S/C23H18Cl2N2O2/c1-15-5-4-7-19(25)21(15)29-14-13-27-22(16-9-11-17(24)12-10-16)26-20-8-3-2-6-18(20)23(27)28/h2-12H,13-14H2,1H3. The second kappa shape index (κ2) is 8.27. The number of ether oxygens (including phenoxy) is 1. The minimum absolute atomic E-state index is 0.111. The van der Waals surface area contributed by atoms with Gasteiger partial charge in [0.2, 0.25) is 0 Å². The quantitative estimate of drug-likeness (QED) is 0.409. The summed E-state index contributed by atoms with van der Waals surface area (Å²) < 4.78 is 7.54. The van der Waals surface area contributed by atoms with Gasteiger partial charge in [0.1, 0.15) is 18.2 Å². The number of rotatable bonds is 5. The molecule has 0 atom stereocenters. The molecule has 4 rings (SSSR count). The molecule has 0 saturated carbocycles. The third-order valence-electron chi connectivity index (χ3n) is 4.69. The van der Waals surface area contributed by atoms with E-state index in [1.54, 1.807) is 28.8 Å². The number of hydrogen-bond acceptors (Lipinski definition) is 3. The molecule has 6 heteroatoms. The number of halogens is 2. The zero-order valence-electron chi connectivity index (χ0n) is 15.7. The highest BCUT2D eigenvalue weighted by molar-refractivity contribution is 6.32. The molecule has 0 saturated heterocycles. The average Bonchev–Trinajstić information content (AvgIpc) is 2.72. The van der Waals surface area contributed by atoms with Gasteiger partial charge in [0.15, 0.2) is 0 Å². The summed E-state index contributed by atoms with van der Waals surface area (Å²) in [5.41, 5.74) is 2.30. The van der Waals surface area contributed by atoms with Crippen LogP contribution in [0.3, 0.4) is 0 Å². The Morgan fingerprint density at radius 3 is 2.48 bits per heavy atom. The van der Waals surface area contributed by atoms with E-state index in [4.69, 9.17) is 32.9 Å². The Balaban J connectivity index is 1.73. The van der Waals surface area contributed by atoms with E-state index in [0.717, 1.165) is 11.1 Å². The molecule has 1 heterocycles. The number of benzene rings is 3. The second-order valence-electron chi connectivity index (χ2n) is 6.65. The number of aromatic nitrogens is 2. The van der Waals surface area contributed by atoms with Gasteiger partial charge in [-0.05, 0) is 55.0 Å². The van der Waals surface area contributed by atoms with E-state index < -0.39 is 0 Å². The van der Waals surface area contributed by atoms with Gasteiger partial charge in [-0.15, -0.1) is 0 Å². The van der Waals surface area contributed by atoms with Gasteiger partial charge < -0.3 is 4.74 Å². The molecule has 4 aromatic rings. The highest BCUT2D eigenvalue weighted by Gasteiger charge is 2.13. The van der Waals surface area contributed by atoms with Crippen LogP contribution in [0.1, 0.15) is 5.56 Å². The molecule has 0 unspecified atom stereocenters. The Morgan fingerprint density at radius 2 is 1.72 bits per heavy atom. The molecule has 0 N–H and O–H groups in total. The van der Waals surface area contributed by atoms with Crippen molar-refractivity contribution in [1.82, 2.24) is 9.55 Å². The number of fused-ring (bicyclic) bond motifs is 1. The Bertz CT molecular complexity index is 1210. The van der Waals surface area contributed by atoms with Crippen molar-refractivity contribution in [3.05, 3.63) is 92.7 Å². The minimum Gasteiger partial charge on any atom is -0.490 e. The molecule has 0 spiro atoms. The van der Waals surface area contributed by atoms with E-state index in [1.807, 2.05) is 49.4 Å².